The number of fused-ring (bicyclic) bond motifs is 1. The summed E-state index contributed by atoms with van der Waals surface area (Å²) in [5.41, 5.74) is 1.59. The summed E-state index contributed by atoms with van der Waals surface area (Å²) in [5, 5.41) is 0.972. The lowest BCUT2D eigenvalue weighted by molar-refractivity contribution is 0.0998. The largest absolute Gasteiger partial charge is 0.318 e. The Morgan fingerprint density at radius 3 is 2.36 bits per heavy atom. The van der Waals surface area contributed by atoms with Gasteiger partial charge in [0, 0.05) is 24.2 Å². The van der Waals surface area contributed by atoms with E-state index in [9.17, 15) is 13.2 Å². The Labute approximate surface area is 205 Å². The molecule has 0 unspecified atom stereocenters. The van der Waals surface area contributed by atoms with Crippen LogP contribution >= 0.6 is 34.5 Å². The molecule has 4 aromatic rings. The van der Waals surface area contributed by atoms with E-state index in [0.717, 1.165) is 10.2 Å². The van der Waals surface area contributed by atoms with Crippen LogP contribution in [0.2, 0.25) is 10.0 Å². The van der Waals surface area contributed by atoms with Crippen LogP contribution in [-0.2, 0) is 17.1 Å². The van der Waals surface area contributed by atoms with Crippen molar-refractivity contribution in [1.82, 2.24) is 4.57 Å². The number of rotatable bonds is 5. The molecule has 0 aliphatic carbocycles. The molecule has 10 heteroatoms. The molecule has 0 fully saturated rings. The van der Waals surface area contributed by atoms with E-state index >= 15 is 0 Å². The van der Waals surface area contributed by atoms with Gasteiger partial charge < -0.3 is 4.57 Å². The third kappa shape index (κ3) is 4.56. The number of hydrogen-bond donors (Lipinski definition) is 0. The van der Waals surface area contributed by atoms with E-state index in [1.807, 2.05) is 6.07 Å². The zero-order valence-electron chi connectivity index (χ0n) is 17.7. The van der Waals surface area contributed by atoms with Crippen LogP contribution in [0.1, 0.15) is 17.3 Å². The highest BCUT2D eigenvalue weighted by Gasteiger charge is 2.23. The van der Waals surface area contributed by atoms with E-state index in [0.29, 0.717) is 20.5 Å². The molecule has 0 saturated carbocycles. The highest BCUT2D eigenvalue weighted by molar-refractivity contribution is 7.92. The van der Waals surface area contributed by atoms with Crippen molar-refractivity contribution >= 4 is 66.4 Å². The van der Waals surface area contributed by atoms with Crippen LogP contribution in [0.4, 0.5) is 5.69 Å². The number of halogens is 2. The van der Waals surface area contributed by atoms with Gasteiger partial charge in [-0.15, -0.1) is 0 Å². The lowest BCUT2D eigenvalue weighted by atomic mass is 10.2. The Morgan fingerprint density at radius 2 is 1.73 bits per heavy atom. The Balaban J connectivity index is 1.66. The van der Waals surface area contributed by atoms with E-state index in [1.165, 1.54) is 39.9 Å². The van der Waals surface area contributed by atoms with Crippen LogP contribution in [0.15, 0.2) is 76.6 Å². The van der Waals surface area contributed by atoms with Crippen molar-refractivity contribution in [1.29, 1.82) is 0 Å². The van der Waals surface area contributed by atoms with Gasteiger partial charge in [0.2, 0.25) is 0 Å². The minimum Gasteiger partial charge on any atom is -0.318 e. The average Bonchev–Trinajstić information content (AvgIpc) is 3.09. The third-order valence-corrected chi connectivity index (χ3v) is 8.54. The molecule has 0 aliphatic heterocycles. The first-order valence-corrected chi connectivity index (χ1v) is 12.9. The molecule has 0 bridgehead atoms. The lowest BCUT2D eigenvalue weighted by Crippen LogP contribution is -2.30. The van der Waals surface area contributed by atoms with Crippen molar-refractivity contribution in [3.8, 4) is 0 Å². The Kier molecular flexibility index (Phi) is 6.63. The number of anilines is 1. The van der Waals surface area contributed by atoms with Crippen molar-refractivity contribution in [2.45, 2.75) is 11.8 Å². The molecule has 0 saturated heterocycles. The molecule has 1 aromatic heterocycles. The van der Waals surface area contributed by atoms with Crippen molar-refractivity contribution in [2.75, 3.05) is 10.8 Å². The first-order chi connectivity index (χ1) is 15.7. The fraction of sp³-hybridized carbons (Fsp3) is 0.130. The van der Waals surface area contributed by atoms with Gasteiger partial charge in [0.05, 0.1) is 25.8 Å². The molecular weight excluding hydrogens is 501 g/mol. The zero-order chi connectivity index (χ0) is 23.8. The summed E-state index contributed by atoms with van der Waals surface area (Å²) in [6, 6.07) is 18.1. The SMILES string of the molecule is CCN(c1ccccc1)S(=O)(=O)c1ccc(C(=O)N=c2sc3cc(Cl)cc(Cl)c3n2C)cc1. The van der Waals surface area contributed by atoms with E-state index < -0.39 is 15.9 Å². The second-order valence-electron chi connectivity index (χ2n) is 7.12. The minimum absolute atomic E-state index is 0.0959. The molecule has 0 radical (unpaired) electrons. The van der Waals surface area contributed by atoms with E-state index in [2.05, 4.69) is 4.99 Å². The molecular formula is C23H19Cl2N3O3S2. The summed E-state index contributed by atoms with van der Waals surface area (Å²) in [4.78, 5) is 17.5. The summed E-state index contributed by atoms with van der Waals surface area (Å²) in [6.07, 6.45) is 0. The Hall–Kier alpha value is -2.65. The van der Waals surface area contributed by atoms with Crippen LogP contribution in [0.25, 0.3) is 10.2 Å². The smallest absolute Gasteiger partial charge is 0.279 e. The second-order valence-corrected chi connectivity index (χ2v) is 10.8. The zero-order valence-corrected chi connectivity index (χ0v) is 20.8. The highest BCUT2D eigenvalue weighted by atomic mass is 35.5. The van der Waals surface area contributed by atoms with Crippen LogP contribution in [-0.4, -0.2) is 25.4 Å². The number of para-hydroxylation sites is 1. The second kappa shape index (κ2) is 9.30. The number of nitrogens with zero attached hydrogens (tertiary/aromatic N) is 3. The number of benzene rings is 3. The molecule has 6 nitrogen and oxygen atoms in total. The molecule has 0 aliphatic rings. The molecule has 1 amide bonds. The number of hydrogen-bond acceptors (Lipinski definition) is 4. The maximum atomic E-state index is 13.1. The lowest BCUT2D eigenvalue weighted by Gasteiger charge is -2.22. The molecule has 4 rings (SSSR count). The molecule has 0 N–H and O–H groups in total. The Bertz CT molecular complexity index is 1510. The van der Waals surface area contributed by atoms with E-state index in [4.69, 9.17) is 23.2 Å². The van der Waals surface area contributed by atoms with Crippen LogP contribution in [0.5, 0.6) is 0 Å². The predicted molar refractivity (Wildman–Crippen MR) is 134 cm³/mol. The van der Waals surface area contributed by atoms with Gasteiger partial charge in [-0.05, 0) is 55.5 Å². The molecule has 1 heterocycles. The summed E-state index contributed by atoms with van der Waals surface area (Å²) in [6.45, 7) is 2.04. The molecule has 33 heavy (non-hydrogen) atoms. The topological polar surface area (TPSA) is 71.7 Å². The third-order valence-electron chi connectivity index (χ3n) is 5.03. The number of carbonyl (C=O) groups excluding carboxylic acids is 1. The van der Waals surface area contributed by atoms with Gasteiger partial charge >= 0.3 is 0 Å². The van der Waals surface area contributed by atoms with Crippen LogP contribution < -0.4 is 9.11 Å². The first-order valence-electron chi connectivity index (χ1n) is 9.94. The molecule has 170 valence electrons. The quantitative estimate of drug-likeness (QED) is 0.349. The fourth-order valence-electron chi connectivity index (χ4n) is 3.44. The number of thiazole rings is 1. The normalized spacial score (nSPS) is 12.3. The van der Waals surface area contributed by atoms with Crippen molar-refractivity contribution in [3.05, 3.63) is 87.1 Å². The van der Waals surface area contributed by atoms with E-state index in [-0.39, 0.29) is 17.0 Å². The van der Waals surface area contributed by atoms with Gasteiger partial charge in [-0.2, -0.15) is 4.99 Å². The molecule has 0 atom stereocenters. The predicted octanol–water partition coefficient (Wildman–Crippen LogP) is 5.50. The number of amides is 1. The van der Waals surface area contributed by atoms with Gasteiger partial charge in [-0.25, -0.2) is 8.42 Å². The summed E-state index contributed by atoms with van der Waals surface area (Å²) in [5.74, 6) is -0.487. The van der Waals surface area contributed by atoms with Gasteiger partial charge in [-0.3, -0.25) is 9.10 Å². The van der Waals surface area contributed by atoms with Gasteiger partial charge in [-0.1, -0.05) is 52.7 Å². The number of aryl methyl sites for hydroxylation is 1. The monoisotopic (exact) mass is 519 g/mol. The fourth-order valence-corrected chi connectivity index (χ4v) is 6.74. The Morgan fingerprint density at radius 1 is 1.06 bits per heavy atom. The number of carbonyl (C=O) groups is 1. The maximum absolute atomic E-state index is 13.1. The van der Waals surface area contributed by atoms with Gasteiger partial charge in [0.15, 0.2) is 4.80 Å². The average molecular weight is 520 g/mol. The molecule has 0 spiro atoms. The first kappa shape index (κ1) is 23.5. The van der Waals surface area contributed by atoms with Crippen molar-refractivity contribution in [2.24, 2.45) is 12.0 Å². The standard InChI is InChI=1S/C23H19Cl2N3O3S2/c1-3-28(17-7-5-4-6-8-17)33(30,31)18-11-9-15(10-12-18)22(29)26-23-27(2)21-19(25)13-16(24)14-20(21)32-23/h4-14H,3H2,1-2H3. The summed E-state index contributed by atoms with van der Waals surface area (Å²) in [7, 11) is -2.01. The number of aromatic nitrogens is 1. The van der Waals surface area contributed by atoms with Gasteiger partial charge in [0.1, 0.15) is 0 Å². The van der Waals surface area contributed by atoms with Crippen LogP contribution in [0.3, 0.4) is 0 Å². The van der Waals surface area contributed by atoms with Crippen molar-refractivity contribution in [3.63, 3.8) is 0 Å². The maximum Gasteiger partial charge on any atom is 0.279 e. The van der Waals surface area contributed by atoms with Crippen molar-refractivity contribution < 1.29 is 13.2 Å². The molecule has 3 aromatic carbocycles. The number of sulfonamides is 1. The van der Waals surface area contributed by atoms with Gasteiger partial charge in [0.25, 0.3) is 15.9 Å². The minimum atomic E-state index is -3.78. The summed E-state index contributed by atoms with van der Waals surface area (Å²) >= 11 is 13.7. The van der Waals surface area contributed by atoms with Crippen LogP contribution in [0, 0.1) is 0 Å². The van der Waals surface area contributed by atoms with E-state index in [1.54, 1.807) is 54.9 Å². The summed E-state index contributed by atoms with van der Waals surface area (Å²) < 4.78 is 30.1. The highest BCUT2D eigenvalue weighted by Crippen LogP contribution is 2.29.